The summed E-state index contributed by atoms with van der Waals surface area (Å²) in [6.07, 6.45) is -1.07. The molecular weight excluding hydrogens is 374 g/mol. The summed E-state index contributed by atoms with van der Waals surface area (Å²) in [5.41, 5.74) is 1.08. The number of aryl methyl sites for hydroxylation is 2. The minimum atomic E-state index is -3.98. The molecular formula is C17H21N3O6S. The van der Waals surface area contributed by atoms with Crippen molar-refractivity contribution in [3.63, 3.8) is 0 Å². The number of nitrogens with zero attached hydrogens (tertiary/aromatic N) is 1. The van der Waals surface area contributed by atoms with Crippen LogP contribution >= 0.6 is 0 Å². The van der Waals surface area contributed by atoms with Gasteiger partial charge in [-0.25, -0.2) is 8.42 Å². The first-order chi connectivity index (χ1) is 12.7. The number of carbonyl (C=O) groups excluding carboxylic acids is 2. The lowest BCUT2D eigenvalue weighted by Crippen LogP contribution is -2.38. The summed E-state index contributed by atoms with van der Waals surface area (Å²) in [7, 11) is -3.98. The van der Waals surface area contributed by atoms with E-state index in [1.165, 1.54) is 20.8 Å². The van der Waals surface area contributed by atoms with Crippen molar-refractivity contribution in [2.75, 3.05) is 6.54 Å². The number of hydrogen-bond acceptors (Lipinski definition) is 7. The molecule has 0 aliphatic rings. The van der Waals surface area contributed by atoms with Gasteiger partial charge in [-0.2, -0.15) is 4.72 Å². The highest BCUT2D eigenvalue weighted by atomic mass is 32.2. The predicted octanol–water partition coefficient (Wildman–Crippen LogP) is 0.818. The molecule has 146 valence electrons. The summed E-state index contributed by atoms with van der Waals surface area (Å²) in [6.45, 7) is 4.00. The van der Waals surface area contributed by atoms with Crippen molar-refractivity contribution >= 4 is 21.9 Å². The first kappa shape index (κ1) is 20.6. The molecule has 1 aromatic heterocycles. The average molecular weight is 395 g/mol. The molecule has 0 saturated heterocycles. The van der Waals surface area contributed by atoms with Gasteiger partial charge in [-0.15, -0.1) is 0 Å². The van der Waals surface area contributed by atoms with Gasteiger partial charge in [0.15, 0.2) is 11.9 Å². The zero-order valence-electron chi connectivity index (χ0n) is 15.2. The van der Waals surface area contributed by atoms with Crippen LogP contribution in [0.1, 0.15) is 23.9 Å². The highest BCUT2D eigenvalue weighted by molar-refractivity contribution is 7.89. The third-order valence-electron chi connectivity index (χ3n) is 3.63. The van der Waals surface area contributed by atoms with Gasteiger partial charge in [0, 0.05) is 6.54 Å². The number of carbonyl (C=O) groups is 2. The van der Waals surface area contributed by atoms with Crippen molar-refractivity contribution < 1.29 is 27.3 Å². The Hall–Kier alpha value is -2.72. The fraction of sp³-hybridized carbons (Fsp3) is 0.353. The Morgan fingerprint density at radius 2 is 1.89 bits per heavy atom. The molecule has 0 fully saturated rings. The van der Waals surface area contributed by atoms with E-state index in [0.29, 0.717) is 6.54 Å². The zero-order valence-corrected chi connectivity index (χ0v) is 16.0. The number of ether oxygens (including phenoxy) is 1. The van der Waals surface area contributed by atoms with Crippen LogP contribution in [0.2, 0.25) is 0 Å². The molecule has 0 aliphatic heterocycles. The Morgan fingerprint density at radius 3 is 2.48 bits per heavy atom. The summed E-state index contributed by atoms with van der Waals surface area (Å²) in [5.74, 6) is -1.25. The Bertz CT molecular complexity index is 889. The highest BCUT2D eigenvalue weighted by Gasteiger charge is 2.25. The molecule has 1 atom stereocenters. The van der Waals surface area contributed by atoms with Crippen LogP contribution in [0.25, 0.3) is 0 Å². The van der Waals surface area contributed by atoms with Crippen molar-refractivity contribution in [2.24, 2.45) is 0 Å². The minimum absolute atomic E-state index is 0.113. The molecule has 1 heterocycles. The van der Waals surface area contributed by atoms with E-state index in [1.54, 1.807) is 0 Å². The smallest absolute Gasteiger partial charge is 0.321 e. The van der Waals surface area contributed by atoms with E-state index in [9.17, 15) is 18.0 Å². The molecule has 0 radical (unpaired) electrons. The maximum absolute atomic E-state index is 12.2. The van der Waals surface area contributed by atoms with Crippen LogP contribution in [-0.4, -0.2) is 38.1 Å². The minimum Gasteiger partial charge on any atom is -0.452 e. The maximum Gasteiger partial charge on any atom is 0.321 e. The van der Waals surface area contributed by atoms with Crippen LogP contribution in [0.15, 0.2) is 39.8 Å². The molecule has 0 aliphatic carbocycles. The van der Waals surface area contributed by atoms with Crippen LogP contribution in [0.5, 0.6) is 0 Å². The molecule has 2 N–H and O–H groups in total. The average Bonchev–Trinajstić information content (AvgIpc) is 2.98. The fourth-order valence-electron chi connectivity index (χ4n) is 2.31. The summed E-state index contributed by atoms with van der Waals surface area (Å²) in [6, 6.07) is 9.24. The van der Waals surface area contributed by atoms with Crippen molar-refractivity contribution in [3.8, 4) is 0 Å². The molecule has 9 nitrogen and oxygen atoms in total. The molecule has 27 heavy (non-hydrogen) atoms. The van der Waals surface area contributed by atoms with Crippen molar-refractivity contribution in [3.05, 3.63) is 47.3 Å². The van der Waals surface area contributed by atoms with Crippen LogP contribution < -0.4 is 10.0 Å². The third kappa shape index (κ3) is 5.63. The molecule has 1 aromatic carbocycles. The molecule has 2 aromatic rings. The number of benzene rings is 1. The second kappa shape index (κ2) is 8.78. The van der Waals surface area contributed by atoms with E-state index in [-0.39, 0.29) is 16.3 Å². The molecule has 10 heteroatoms. The van der Waals surface area contributed by atoms with Gasteiger partial charge in [-0.1, -0.05) is 35.5 Å². The van der Waals surface area contributed by atoms with Gasteiger partial charge in [0.1, 0.15) is 17.1 Å². The molecule has 2 rings (SSSR count). The van der Waals surface area contributed by atoms with Gasteiger partial charge < -0.3 is 14.6 Å². The Balaban J connectivity index is 1.83. The molecule has 0 saturated carbocycles. The van der Waals surface area contributed by atoms with E-state index in [1.807, 2.05) is 30.3 Å². The second-order valence-electron chi connectivity index (χ2n) is 5.81. The fourth-order valence-corrected chi connectivity index (χ4v) is 3.60. The van der Waals surface area contributed by atoms with E-state index < -0.39 is 34.5 Å². The monoisotopic (exact) mass is 395 g/mol. The number of esters is 1. The molecule has 0 unspecified atom stereocenters. The lowest BCUT2D eigenvalue weighted by Gasteiger charge is -2.14. The molecule has 1 amide bonds. The Labute approximate surface area is 157 Å². The van der Waals surface area contributed by atoms with E-state index in [2.05, 4.69) is 15.2 Å². The van der Waals surface area contributed by atoms with Crippen LogP contribution in [-0.2, 0) is 30.9 Å². The number of sulfonamides is 1. The van der Waals surface area contributed by atoms with Gasteiger partial charge in [0.05, 0.1) is 0 Å². The van der Waals surface area contributed by atoms with E-state index in [0.717, 1.165) is 5.56 Å². The van der Waals surface area contributed by atoms with Gasteiger partial charge in [0.25, 0.3) is 5.91 Å². The van der Waals surface area contributed by atoms with Gasteiger partial charge in [0.2, 0.25) is 10.0 Å². The normalized spacial score (nSPS) is 12.4. The van der Waals surface area contributed by atoms with Gasteiger partial charge >= 0.3 is 5.97 Å². The van der Waals surface area contributed by atoms with Crippen LogP contribution in [0.3, 0.4) is 0 Å². The first-order valence-corrected chi connectivity index (χ1v) is 9.62. The van der Waals surface area contributed by atoms with Gasteiger partial charge in [-0.3, -0.25) is 9.59 Å². The lowest BCUT2D eigenvalue weighted by atomic mass is 10.2. The number of rotatable bonds is 8. The van der Waals surface area contributed by atoms with Gasteiger partial charge in [-0.05, 0) is 26.3 Å². The number of aromatic nitrogens is 1. The topological polar surface area (TPSA) is 128 Å². The highest BCUT2D eigenvalue weighted by Crippen LogP contribution is 2.18. The summed E-state index contributed by atoms with van der Waals surface area (Å²) in [5, 5.41) is 6.20. The van der Waals surface area contributed by atoms with Crippen LogP contribution in [0, 0.1) is 13.8 Å². The first-order valence-electron chi connectivity index (χ1n) is 8.14. The number of nitrogens with one attached hydrogen (secondary N) is 2. The zero-order chi connectivity index (χ0) is 20.0. The van der Waals surface area contributed by atoms with E-state index >= 15 is 0 Å². The van der Waals surface area contributed by atoms with Crippen LogP contribution in [0.4, 0.5) is 0 Å². The number of hydrogen-bond donors (Lipinski definition) is 2. The Morgan fingerprint density at radius 1 is 1.22 bits per heavy atom. The largest absolute Gasteiger partial charge is 0.452 e. The molecule has 0 spiro atoms. The Kier molecular flexibility index (Phi) is 6.70. The van der Waals surface area contributed by atoms with Crippen molar-refractivity contribution in [2.45, 2.75) is 38.3 Å². The quantitative estimate of drug-likeness (QED) is 0.633. The van der Waals surface area contributed by atoms with Crippen molar-refractivity contribution in [1.82, 2.24) is 15.2 Å². The third-order valence-corrected chi connectivity index (χ3v) is 5.27. The lowest BCUT2D eigenvalue weighted by molar-refractivity contribution is -0.153. The second-order valence-corrected chi connectivity index (χ2v) is 7.52. The summed E-state index contributed by atoms with van der Waals surface area (Å²) < 4.78 is 36.3. The molecule has 0 bridgehead atoms. The SMILES string of the molecule is Cc1noc(C)c1S(=O)(=O)NCC(=O)O[C@H](C)C(=O)NCc1ccccc1. The number of amides is 1. The summed E-state index contributed by atoms with van der Waals surface area (Å²) in [4.78, 5) is 23.7. The summed E-state index contributed by atoms with van der Waals surface area (Å²) >= 11 is 0. The van der Waals surface area contributed by atoms with Crippen molar-refractivity contribution in [1.29, 1.82) is 0 Å². The standard InChI is InChI=1S/C17H21N3O6S/c1-11-16(12(2)26-20-11)27(23,24)19-10-15(21)25-13(3)17(22)18-9-14-7-5-4-6-8-14/h4-8,13,19H,9-10H2,1-3H3,(H,18,22)/t13-/m1/s1. The maximum atomic E-state index is 12.2. The van der Waals surface area contributed by atoms with E-state index in [4.69, 9.17) is 9.26 Å². The predicted molar refractivity (Wildman–Crippen MR) is 95.0 cm³/mol.